The summed E-state index contributed by atoms with van der Waals surface area (Å²) in [5.41, 5.74) is 2.24. The van der Waals surface area contributed by atoms with Gasteiger partial charge in [-0.3, -0.25) is 14.4 Å². The number of carbonyl (C=O) groups excluding carboxylic acids is 3. The van der Waals surface area contributed by atoms with Gasteiger partial charge in [0.25, 0.3) is 11.8 Å². The molecule has 2 aromatic rings. The van der Waals surface area contributed by atoms with Crippen molar-refractivity contribution in [2.24, 2.45) is 0 Å². The number of piperazine rings is 1. The van der Waals surface area contributed by atoms with Gasteiger partial charge in [0.15, 0.2) is 0 Å². The lowest BCUT2D eigenvalue weighted by molar-refractivity contribution is -0.136. The predicted molar refractivity (Wildman–Crippen MR) is 129 cm³/mol. The Morgan fingerprint density at radius 2 is 1.42 bits per heavy atom. The Morgan fingerprint density at radius 3 is 2.03 bits per heavy atom. The quantitative estimate of drug-likeness (QED) is 0.650. The molecule has 2 aliphatic rings. The van der Waals surface area contributed by atoms with Crippen molar-refractivity contribution in [3.63, 3.8) is 0 Å². The number of carbonyl (C=O) groups is 3. The van der Waals surface area contributed by atoms with Gasteiger partial charge in [-0.15, -0.1) is 0 Å². The number of halogens is 2. The Balaban J connectivity index is 1.38. The number of nitrogens with zero attached hydrogens (tertiary/aromatic N) is 3. The van der Waals surface area contributed by atoms with Crippen LogP contribution in [-0.4, -0.2) is 71.2 Å². The number of likely N-dealkylation sites (tertiary alicyclic amines) is 1. The molecule has 0 aliphatic carbocycles. The van der Waals surface area contributed by atoms with E-state index in [1.807, 2.05) is 24.3 Å². The van der Waals surface area contributed by atoms with Crippen molar-refractivity contribution in [2.75, 3.05) is 32.7 Å². The largest absolute Gasteiger partial charge is 0.337 e. The first-order chi connectivity index (χ1) is 15.9. The minimum absolute atomic E-state index is 0.0137. The molecule has 1 atom stereocenters. The predicted octanol–water partition coefficient (Wildman–Crippen LogP) is 4.15. The molecule has 2 saturated heterocycles. The zero-order valence-electron chi connectivity index (χ0n) is 18.6. The summed E-state index contributed by atoms with van der Waals surface area (Å²) in [6, 6.07) is 11.9. The molecule has 2 aromatic carbocycles. The molecule has 6 nitrogen and oxygen atoms in total. The van der Waals surface area contributed by atoms with Gasteiger partial charge >= 0.3 is 0 Å². The van der Waals surface area contributed by atoms with Crippen LogP contribution in [0.15, 0.2) is 42.5 Å². The van der Waals surface area contributed by atoms with E-state index in [0.29, 0.717) is 60.3 Å². The van der Waals surface area contributed by atoms with Gasteiger partial charge in [0.05, 0.1) is 0 Å². The highest BCUT2D eigenvalue weighted by molar-refractivity contribution is 6.35. The maximum Gasteiger partial charge on any atom is 0.254 e. The molecule has 2 fully saturated rings. The van der Waals surface area contributed by atoms with Gasteiger partial charge in [-0.05, 0) is 55.2 Å². The lowest BCUT2D eigenvalue weighted by Gasteiger charge is -2.37. The number of hydrogen-bond acceptors (Lipinski definition) is 3. The van der Waals surface area contributed by atoms with E-state index in [1.54, 1.807) is 32.9 Å². The highest BCUT2D eigenvalue weighted by Crippen LogP contribution is 2.26. The molecule has 8 heteroatoms. The van der Waals surface area contributed by atoms with Crippen LogP contribution in [0.2, 0.25) is 10.0 Å². The molecule has 0 aromatic heterocycles. The minimum Gasteiger partial charge on any atom is -0.337 e. The lowest BCUT2D eigenvalue weighted by Crippen LogP contribution is -2.55. The maximum absolute atomic E-state index is 13.3. The van der Waals surface area contributed by atoms with Crippen LogP contribution >= 0.6 is 23.2 Å². The van der Waals surface area contributed by atoms with E-state index in [4.69, 9.17) is 23.2 Å². The maximum atomic E-state index is 13.3. The number of hydrogen-bond donors (Lipinski definition) is 0. The summed E-state index contributed by atoms with van der Waals surface area (Å²) in [4.78, 5) is 44.4. The first-order valence-electron chi connectivity index (χ1n) is 11.3. The zero-order chi connectivity index (χ0) is 23.5. The van der Waals surface area contributed by atoms with Gasteiger partial charge in [0, 0.05) is 53.9 Å². The molecule has 174 valence electrons. The van der Waals surface area contributed by atoms with Gasteiger partial charge in [-0.1, -0.05) is 42.3 Å². The molecule has 4 rings (SSSR count). The molecular formula is C25H27Cl2N3O3. The zero-order valence-corrected chi connectivity index (χ0v) is 20.1. The average Bonchev–Trinajstić information content (AvgIpc) is 3.32. The van der Waals surface area contributed by atoms with E-state index >= 15 is 0 Å². The molecular weight excluding hydrogens is 461 g/mol. The van der Waals surface area contributed by atoms with Crippen LogP contribution in [0, 0.1) is 0 Å². The van der Waals surface area contributed by atoms with Gasteiger partial charge < -0.3 is 14.7 Å². The van der Waals surface area contributed by atoms with E-state index in [0.717, 1.165) is 12.8 Å². The van der Waals surface area contributed by atoms with Crippen molar-refractivity contribution >= 4 is 40.9 Å². The summed E-state index contributed by atoms with van der Waals surface area (Å²) in [6.07, 6.45) is 2.32. The molecule has 33 heavy (non-hydrogen) atoms. The molecule has 0 radical (unpaired) electrons. The molecule has 0 spiro atoms. The monoisotopic (exact) mass is 487 g/mol. The Kier molecular flexibility index (Phi) is 7.25. The first kappa shape index (κ1) is 23.6. The highest BCUT2D eigenvalue weighted by atomic mass is 35.5. The summed E-state index contributed by atoms with van der Waals surface area (Å²) >= 11 is 12.1. The van der Waals surface area contributed by atoms with E-state index in [9.17, 15) is 14.4 Å². The molecule has 3 amide bonds. The third-order valence-corrected chi connectivity index (χ3v) is 6.83. The Morgan fingerprint density at radius 1 is 0.818 bits per heavy atom. The first-order valence-corrected chi connectivity index (χ1v) is 12.1. The Bertz CT molecular complexity index is 1030. The van der Waals surface area contributed by atoms with Crippen LogP contribution in [0.1, 0.15) is 46.0 Å². The van der Waals surface area contributed by atoms with Crippen LogP contribution in [0.4, 0.5) is 0 Å². The van der Waals surface area contributed by atoms with Gasteiger partial charge in [0.1, 0.15) is 6.04 Å². The van der Waals surface area contributed by atoms with Crippen LogP contribution in [-0.2, 0) is 11.2 Å². The van der Waals surface area contributed by atoms with Crippen molar-refractivity contribution in [3.8, 4) is 0 Å². The van der Waals surface area contributed by atoms with E-state index in [1.165, 1.54) is 5.56 Å². The van der Waals surface area contributed by atoms with Gasteiger partial charge in [0.2, 0.25) is 5.91 Å². The summed E-state index contributed by atoms with van der Waals surface area (Å²) in [5, 5.41) is 0.774. The Hall–Kier alpha value is -2.57. The number of benzene rings is 2. The molecule has 2 aliphatic heterocycles. The second-order valence-electron chi connectivity index (χ2n) is 8.48. The van der Waals surface area contributed by atoms with Crippen molar-refractivity contribution in [1.82, 2.24) is 14.7 Å². The minimum atomic E-state index is -0.501. The van der Waals surface area contributed by atoms with Crippen molar-refractivity contribution in [2.45, 2.75) is 32.2 Å². The topological polar surface area (TPSA) is 60.9 Å². The summed E-state index contributed by atoms with van der Waals surface area (Å²) in [7, 11) is 0. The van der Waals surface area contributed by atoms with Gasteiger partial charge in [-0.25, -0.2) is 0 Å². The average molecular weight is 488 g/mol. The molecule has 0 saturated carbocycles. The SMILES string of the molecule is CCc1ccc(C(=O)N2CCN(C(=O)C3CCCN3C(=O)c3cc(Cl)cc(Cl)c3)CC2)cc1. The van der Waals surface area contributed by atoms with Gasteiger partial charge in [-0.2, -0.15) is 0 Å². The summed E-state index contributed by atoms with van der Waals surface area (Å²) < 4.78 is 0. The Labute approximate surface area is 204 Å². The molecule has 2 heterocycles. The fraction of sp³-hybridized carbons (Fsp3) is 0.400. The van der Waals surface area contributed by atoms with E-state index in [-0.39, 0.29) is 17.7 Å². The molecule has 0 bridgehead atoms. The van der Waals surface area contributed by atoms with Crippen LogP contribution in [0.3, 0.4) is 0 Å². The second-order valence-corrected chi connectivity index (χ2v) is 9.36. The van der Waals surface area contributed by atoms with Crippen LogP contribution < -0.4 is 0 Å². The number of rotatable bonds is 4. The smallest absolute Gasteiger partial charge is 0.254 e. The third kappa shape index (κ3) is 5.17. The van der Waals surface area contributed by atoms with Crippen molar-refractivity contribution in [1.29, 1.82) is 0 Å². The third-order valence-electron chi connectivity index (χ3n) is 6.40. The second kappa shape index (κ2) is 10.1. The lowest BCUT2D eigenvalue weighted by atomic mass is 10.1. The van der Waals surface area contributed by atoms with E-state index < -0.39 is 6.04 Å². The summed E-state index contributed by atoms with van der Waals surface area (Å²) in [6.45, 7) is 4.47. The fourth-order valence-electron chi connectivity index (χ4n) is 4.52. The fourth-order valence-corrected chi connectivity index (χ4v) is 5.04. The summed E-state index contributed by atoms with van der Waals surface area (Å²) in [5.74, 6) is -0.312. The number of aryl methyl sites for hydroxylation is 1. The molecule has 0 N–H and O–H groups in total. The highest BCUT2D eigenvalue weighted by Gasteiger charge is 2.38. The normalized spacial score (nSPS) is 18.5. The van der Waals surface area contributed by atoms with Crippen LogP contribution in [0.5, 0.6) is 0 Å². The molecule has 1 unspecified atom stereocenters. The number of amides is 3. The van der Waals surface area contributed by atoms with E-state index in [2.05, 4.69) is 6.92 Å². The standard InChI is InChI=1S/C25H27Cl2N3O3/c1-2-17-5-7-18(8-6-17)23(31)28-10-12-29(13-11-28)25(33)22-4-3-9-30(22)24(32)19-14-20(26)16-21(27)15-19/h5-8,14-16,22H,2-4,9-13H2,1H3. The van der Waals surface area contributed by atoms with Crippen LogP contribution in [0.25, 0.3) is 0 Å². The van der Waals surface area contributed by atoms with Crippen molar-refractivity contribution in [3.05, 3.63) is 69.2 Å². The van der Waals surface area contributed by atoms with Crippen molar-refractivity contribution < 1.29 is 14.4 Å².